The molecule has 1 atom stereocenters. The Bertz CT molecular complexity index is 839. The van der Waals surface area contributed by atoms with Gasteiger partial charge in [-0.15, -0.1) is 11.3 Å². The lowest BCUT2D eigenvalue weighted by molar-refractivity contribution is -0.141. The van der Waals surface area contributed by atoms with Gasteiger partial charge in [-0.2, -0.15) is 13.2 Å². The molecule has 3 nitrogen and oxygen atoms in total. The minimum Gasteiger partial charge on any atom is -0.388 e. The van der Waals surface area contributed by atoms with E-state index in [9.17, 15) is 18.3 Å². The summed E-state index contributed by atoms with van der Waals surface area (Å²) in [5.74, 6) is 0.404. The fraction of sp³-hybridized carbons (Fsp3) is 0.222. The molecule has 136 valence electrons. The molecular formula is C18H15F3N2OS2. The van der Waals surface area contributed by atoms with Gasteiger partial charge in [0, 0.05) is 5.75 Å². The van der Waals surface area contributed by atoms with Crippen molar-refractivity contribution in [2.75, 3.05) is 5.75 Å². The van der Waals surface area contributed by atoms with Gasteiger partial charge in [-0.1, -0.05) is 48.2 Å². The van der Waals surface area contributed by atoms with Crippen molar-refractivity contribution in [3.8, 4) is 10.6 Å². The topological polar surface area (TPSA) is 46.0 Å². The molecule has 0 aliphatic heterocycles. The van der Waals surface area contributed by atoms with Crippen LogP contribution in [0.25, 0.3) is 10.6 Å². The first kappa shape index (κ1) is 18.9. The van der Waals surface area contributed by atoms with Crippen LogP contribution >= 0.6 is 23.1 Å². The largest absolute Gasteiger partial charge is 0.433 e. The SMILES string of the molecule is OC(CCSc1nc(-c2cccs2)cc(C(F)(F)F)n1)c1ccccc1. The van der Waals surface area contributed by atoms with Gasteiger partial charge in [0.05, 0.1) is 16.7 Å². The molecule has 0 saturated carbocycles. The molecule has 26 heavy (non-hydrogen) atoms. The van der Waals surface area contributed by atoms with E-state index in [1.54, 1.807) is 17.5 Å². The summed E-state index contributed by atoms with van der Waals surface area (Å²) in [5.41, 5.74) is 0.0766. The van der Waals surface area contributed by atoms with Crippen molar-refractivity contribution in [1.29, 1.82) is 0 Å². The summed E-state index contributed by atoms with van der Waals surface area (Å²) in [7, 11) is 0. The zero-order chi connectivity index (χ0) is 18.6. The molecule has 1 N–H and O–H groups in total. The van der Waals surface area contributed by atoms with E-state index in [0.29, 0.717) is 17.1 Å². The molecule has 2 heterocycles. The Labute approximate surface area is 156 Å². The van der Waals surface area contributed by atoms with Crippen LogP contribution in [-0.2, 0) is 6.18 Å². The Morgan fingerprint density at radius 3 is 2.50 bits per heavy atom. The van der Waals surface area contributed by atoms with Crippen molar-refractivity contribution in [3.05, 3.63) is 65.2 Å². The minimum atomic E-state index is -4.53. The van der Waals surface area contributed by atoms with E-state index in [1.165, 1.54) is 11.3 Å². The Morgan fingerprint density at radius 2 is 1.85 bits per heavy atom. The molecule has 0 amide bonds. The summed E-state index contributed by atoms with van der Waals surface area (Å²) in [6, 6.07) is 13.6. The quantitative estimate of drug-likeness (QED) is 0.445. The fourth-order valence-corrected chi connectivity index (χ4v) is 3.82. The first-order valence-corrected chi connectivity index (χ1v) is 9.66. The molecule has 0 saturated heterocycles. The van der Waals surface area contributed by atoms with Crippen LogP contribution in [-0.4, -0.2) is 20.8 Å². The van der Waals surface area contributed by atoms with Gasteiger partial charge in [-0.25, -0.2) is 9.97 Å². The third-order valence-electron chi connectivity index (χ3n) is 3.58. The maximum absolute atomic E-state index is 13.1. The molecule has 8 heteroatoms. The summed E-state index contributed by atoms with van der Waals surface area (Å²) >= 11 is 2.43. The fourth-order valence-electron chi connectivity index (χ4n) is 2.29. The van der Waals surface area contributed by atoms with Gasteiger partial charge in [0.2, 0.25) is 0 Å². The number of benzene rings is 1. The van der Waals surface area contributed by atoms with E-state index >= 15 is 0 Å². The number of hydrogen-bond acceptors (Lipinski definition) is 5. The molecule has 0 fully saturated rings. The van der Waals surface area contributed by atoms with E-state index < -0.39 is 18.0 Å². The Hall–Kier alpha value is -1.90. The molecule has 0 bridgehead atoms. The zero-order valence-electron chi connectivity index (χ0n) is 13.5. The number of rotatable bonds is 6. The van der Waals surface area contributed by atoms with Gasteiger partial charge in [-0.3, -0.25) is 0 Å². The number of nitrogens with zero attached hydrogens (tertiary/aromatic N) is 2. The van der Waals surface area contributed by atoms with Crippen LogP contribution in [0.2, 0.25) is 0 Å². The summed E-state index contributed by atoms with van der Waals surface area (Å²) in [4.78, 5) is 8.53. The number of aliphatic hydroxyl groups excluding tert-OH is 1. The van der Waals surface area contributed by atoms with Crippen LogP contribution in [0.5, 0.6) is 0 Å². The van der Waals surface area contributed by atoms with Crippen LogP contribution < -0.4 is 0 Å². The second-order valence-electron chi connectivity index (χ2n) is 5.46. The van der Waals surface area contributed by atoms with Crippen molar-refractivity contribution >= 4 is 23.1 Å². The monoisotopic (exact) mass is 396 g/mol. The highest BCUT2D eigenvalue weighted by atomic mass is 32.2. The molecule has 0 radical (unpaired) electrons. The number of thioether (sulfide) groups is 1. The molecule has 1 unspecified atom stereocenters. The molecular weight excluding hydrogens is 381 g/mol. The molecule has 0 spiro atoms. The third-order valence-corrected chi connectivity index (χ3v) is 5.35. The van der Waals surface area contributed by atoms with Crippen molar-refractivity contribution in [2.45, 2.75) is 23.9 Å². The number of aliphatic hydroxyl groups is 1. The molecule has 0 aliphatic carbocycles. The van der Waals surface area contributed by atoms with E-state index in [1.807, 2.05) is 30.3 Å². The van der Waals surface area contributed by atoms with Crippen molar-refractivity contribution < 1.29 is 18.3 Å². The predicted octanol–water partition coefficient (Wildman–Crippen LogP) is 5.44. The molecule has 3 aromatic rings. The first-order valence-electron chi connectivity index (χ1n) is 7.79. The van der Waals surface area contributed by atoms with Gasteiger partial charge in [0.15, 0.2) is 5.16 Å². The van der Waals surface area contributed by atoms with E-state index in [0.717, 1.165) is 23.4 Å². The summed E-state index contributed by atoms with van der Waals surface area (Å²) in [5, 5.41) is 12.0. The maximum Gasteiger partial charge on any atom is 0.433 e. The molecule has 2 aromatic heterocycles. The first-order chi connectivity index (χ1) is 12.4. The Morgan fingerprint density at radius 1 is 1.08 bits per heavy atom. The van der Waals surface area contributed by atoms with Crippen LogP contribution in [0.15, 0.2) is 59.1 Å². The Kier molecular flexibility index (Phi) is 5.95. The smallest absolute Gasteiger partial charge is 0.388 e. The number of halogens is 3. The highest BCUT2D eigenvalue weighted by Gasteiger charge is 2.34. The van der Waals surface area contributed by atoms with E-state index in [-0.39, 0.29) is 10.9 Å². The normalized spacial score (nSPS) is 12.9. The maximum atomic E-state index is 13.1. The number of alkyl halides is 3. The van der Waals surface area contributed by atoms with Crippen molar-refractivity contribution in [1.82, 2.24) is 9.97 Å². The lowest BCUT2D eigenvalue weighted by Gasteiger charge is -2.12. The van der Waals surface area contributed by atoms with Gasteiger partial charge in [0.25, 0.3) is 0 Å². The van der Waals surface area contributed by atoms with E-state index in [2.05, 4.69) is 9.97 Å². The minimum absolute atomic E-state index is 0.0588. The van der Waals surface area contributed by atoms with Gasteiger partial charge >= 0.3 is 6.18 Å². The number of hydrogen-bond donors (Lipinski definition) is 1. The van der Waals surface area contributed by atoms with Gasteiger partial charge in [-0.05, 0) is 29.5 Å². The zero-order valence-corrected chi connectivity index (χ0v) is 15.1. The van der Waals surface area contributed by atoms with Gasteiger partial charge < -0.3 is 5.11 Å². The molecule has 1 aromatic carbocycles. The van der Waals surface area contributed by atoms with Crippen LogP contribution in [0.1, 0.15) is 23.8 Å². The highest BCUT2D eigenvalue weighted by molar-refractivity contribution is 7.99. The standard InChI is InChI=1S/C18H15F3N2OS2/c19-18(20,21)16-11-13(15-7-4-9-25-15)22-17(23-16)26-10-8-14(24)12-5-2-1-3-6-12/h1-7,9,11,14,24H,8,10H2. The third kappa shape index (κ3) is 4.84. The number of aromatic nitrogens is 2. The number of thiophene rings is 1. The Balaban J connectivity index is 1.73. The second-order valence-corrected chi connectivity index (χ2v) is 7.47. The van der Waals surface area contributed by atoms with E-state index in [4.69, 9.17) is 0 Å². The van der Waals surface area contributed by atoms with Crippen LogP contribution in [0, 0.1) is 0 Å². The lowest BCUT2D eigenvalue weighted by atomic mass is 10.1. The van der Waals surface area contributed by atoms with Crippen LogP contribution in [0.4, 0.5) is 13.2 Å². The van der Waals surface area contributed by atoms with Gasteiger partial charge in [0.1, 0.15) is 5.69 Å². The van der Waals surface area contributed by atoms with Crippen molar-refractivity contribution in [3.63, 3.8) is 0 Å². The van der Waals surface area contributed by atoms with Crippen LogP contribution in [0.3, 0.4) is 0 Å². The lowest BCUT2D eigenvalue weighted by Crippen LogP contribution is -2.10. The molecule has 3 rings (SSSR count). The summed E-state index contributed by atoms with van der Waals surface area (Å²) < 4.78 is 39.4. The molecule has 0 aliphatic rings. The summed E-state index contributed by atoms with van der Waals surface area (Å²) in [6.07, 6.45) is -4.82. The van der Waals surface area contributed by atoms with Crippen molar-refractivity contribution in [2.24, 2.45) is 0 Å². The predicted molar refractivity (Wildman–Crippen MR) is 97.1 cm³/mol. The average molecular weight is 396 g/mol. The average Bonchev–Trinajstić information content (AvgIpc) is 3.16. The highest BCUT2D eigenvalue weighted by Crippen LogP contribution is 2.33. The second kappa shape index (κ2) is 8.20. The summed E-state index contributed by atoms with van der Waals surface area (Å²) in [6.45, 7) is 0.